The van der Waals surface area contributed by atoms with E-state index in [1.165, 1.54) is 44.2 Å². The molecule has 4 aromatic carbocycles. The Morgan fingerprint density at radius 1 is 0.556 bits per heavy atom. The highest BCUT2D eigenvalue weighted by molar-refractivity contribution is 6.06. The van der Waals surface area contributed by atoms with Gasteiger partial charge in [-0.05, 0) is 59.9 Å². The van der Waals surface area contributed by atoms with Gasteiger partial charge in [0.25, 0.3) is 0 Å². The summed E-state index contributed by atoms with van der Waals surface area (Å²) in [7, 11) is 0. The van der Waals surface area contributed by atoms with Gasteiger partial charge in [-0.3, -0.25) is 0 Å². The lowest BCUT2D eigenvalue weighted by Crippen LogP contribution is -1.82. The van der Waals surface area contributed by atoms with E-state index >= 15 is 0 Å². The highest BCUT2D eigenvalue weighted by atomic mass is 16.3. The fraction of sp³-hybridized carbons (Fsp3) is 0.0769. The maximum atomic E-state index is 6.18. The van der Waals surface area contributed by atoms with Crippen LogP contribution < -0.4 is 0 Å². The van der Waals surface area contributed by atoms with Crippen LogP contribution in [0.5, 0.6) is 0 Å². The van der Waals surface area contributed by atoms with Crippen LogP contribution in [-0.4, -0.2) is 0 Å². The van der Waals surface area contributed by atoms with Crippen molar-refractivity contribution in [1.29, 1.82) is 0 Å². The van der Waals surface area contributed by atoms with Crippen molar-refractivity contribution in [1.82, 2.24) is 0 Å². The van der Waals surface area contributed by atoms with Gasteiger partial charge in [0.15, 0.2) is 0 Å². The molecule has 1 nitrogen and oxygen atoms in total. The normalized spacial score (nSPS) is 11.3. The minimum Gasteiger partial charge on any atom is -0.456 e. The minimum atomic E-state index is 0.942. The third-order valence-electron chi connectivity index (χ3n) is 5.24. The SMILES string of the molecule is Cc1cccc(-c2cccc(-c3ccc4c(c3)oc3c(C)cccc34)c2)c1. The predicted molar refractivity (Wildman–Crippen MR) is 114 cm³/mol. The molecule has 0 spiro atoms. The summed E-state index contributed by atoms with van der Waals surface area (Å²) in [5.74, 6) is 0. The minimum absolute atomic E-state index is 0.942. The van der Waals surface area contributed by atoms with Gasteiger partial charge < -0.3 is 4.42 Å². The van der Waals surface area contributed by atoms with Gasteiger partial charge >= 0.3 is 0 Å². The van der Waals surface area contributed by atoms with E-state index in [9.17, 15) is 0 Å². The van der Waals surface area contributed by atoms with Gasteiger partial charge in [0, 0.05) is 10.8 Å². The highest BCUT2D eigenvalue weighted by Gasteiger charge is 2.10. The summed E-state index contributed by atoms with van der Waals surface area (Å²) < 4.78 is 6.18. The molecule has 1 heterocycles. The number of aryl methyl sites for hydroxylation is 2. The van der Waals surface area contributed by atoms with Crippen molar-refractivity contribution in [2.75, 3.05) is 0 Å². The number of benzene rings is 4. The molecular weight excluding hydrogens is 328 g/mol. The van der Waals surface area contributed by atoms with Gasteiger partial charge in [-0.25, -0.2) is 0 Å². The largest absolute Gasteiger partial charge is 0.456 e. The van der Waals surface area contributed by atoms with Gasteiger partial charge in [-0.2, -0.15) is 0 Å². The van der Waals surface area contributed by atoms with Crippen molar-refractivity contribution >= 4 is 21.9 Å². The molecule has 0 unspecified atom stereocenters. The van der Waals surface area contributed by atoms with Crippen LogP contribution in [0.25, 0.3) is 44.2 Å². The topological polar surface area (TPSA) is 13.1 Å². The smallest absolute Gasteiger partial charge is 0.138 e. The first kappa shape index (κ1) is 15.9. The zero-order valence-electron chi connectivity index (χ0n) is 15.5. The summed E-state index contributed by atoms with van der Waals surface area (Å²) in [5.41, 5.74) is 9.23. The number of rotatable bonds is 2. The average Bonchev–Trinajstić information content (AvgIpc) is 3.07. The second-order valence-corrected chi connectivity index (χ2v) is 7.21. The predicted octanol–water partition coefficient (Wildman–Crippen LogP) is 7.54. The molecule has 0 radical (unpaired) electrons. The van der Waals surface area contributed by atoms with Crippen LogP contribution in [0.15, 0.2) is 89.3 Å². The molecule has 1 aromatic heterocycles. The lowest BCUT2D eigenvalue weighted by atomic mass is 9.97. The van der Waals surface area contributed by atoms with Crippen molar-refractivity contribution in [3.05, 3.63) is 96.1 Å². The first-order chi connectivity index (χ1) is 13.2. The van der Waals surface area contributed by atoms with Crippen molar-refractivity contribution in [2.45, 2.75) is 13.8 Å². The van der Waals surface area contributed by atoms with Crippen LogP contribution in [0.3, 0.4) is 0 Å². The van der Waals surface area contributed by atoms with Crippen LogP contribution in [0.4, 0.5) is 0 Å². The molecular formula is C26H20O. The molecule has 0 aliphatic rings. The molecule has 130 valence electrons. The third kappa shape index (κ3) is 2.72. The van der Waals surface area contributed by atoms with Gasteiger partial charge in [0.05, 0.1) is 0 Å². The Kier molecular flexibility index (Phi) is 3.61. The lowest BCUT2D eigenvalue weighted by Gasteiger charge is -2.07. The number of para-hydroxylation sites is 1. The quantitative estimate of drug-likeness (QED) is 0.321. The first-order valence-corrected chi connectivity index (χ1v) is 9.28. The standard InChI is InChI=1S/C26H20O/c1-17-6-3-8-19(14-17)20-9-5-10-21(15-20)22-12-13-23-24-11-4-7-18(2)26(24)27-25(23)16-22/h3-16H,1-2H3. The second kappa shape index (κ2) is 6.14. The molecule has 27 heavy (non-hydrogen) atoms. The summed E-state index contributed by atoms with van der Waals surface area (Å²) in [6.45, 7) is 4.22. The number of hydrogen-bond acceptors (Lipinski definition) is 1. The maximum Gasteiger partial charge on any atom is 0.138 e. The molecule has 0 aliphatic carbocycles. The summed E-state index contributed by atoms with van der Waals surface area (Å²) in [4.78, 5) is 0. The summed E-state index contributed by atoms with van der Waals surface area (Å²) >= 11 is 0. The first-order valence-electron chi connectivity index (χ1n) is 9.28. The van der Waals surface area contributed by atoms with E-state index in [0.717, 1.165) is 11.2 Å². The summed E-state index contributed by atoms with van der Waals surface area (Å²) in [6.07, 6.45) is 0. The van der Waals surface area contributed by atoms with E-state index in [2.05, 4.69) is 98.8 Å². The highest BCUT2D eigenvalue weighted by Crippen LogP contribution is 2.34. The van der Waals surface area contributed by atoms with Crippen molar-refractivity contribution in [3.63, 3.8) is 0 Å². The second-order valence-electron chi connectivity index (χ2n) is 7.21. The van der Waals surface area contributed by atoms with Crippen LogP contribution in [0, 0.1) is 13.8 Å². The van der Waals surface area contributed by atoms with E-state index in [4.69, 9.17) is 4.42 Å². The fourth-order valence-corrected chi connectivity index (χ4v) is 3.82. The number of hydrogen-bond donors (Lipinski definition) is 0. The van der Waals surface area contributed by atoms with Crippen molar-refractivity contribution in [3.8, 4) is 22.3 Å². The van der Waals surface area contributed by atoms with Gasteiger partial charge in [0.2, 0.25) is 0 Å². The average molecular weight is 348 g/mol. The van der Waals surface area contributed by atoms with E-state index in [1.807, 2.05) is 0 Å². The third-order valence-corrected chi connectivity index (χ3v) is 5.24. The van der Waals surface area contributed by atoms with Crippen LogP contribution in [0.2, 0.25) is 0 Å². The van der Waals surface area contributed by atoms with Crippen molar-refractivity contribution < 1.29 is 4.42 Å². The fourth-order valence-electron chi connectivity index (χ4n) is 3.82. The molecule has 5 aromatic rings. The number of fused-ring (bicyclic) bond motifs is 3. The van der Waals surface area contributed by atoms with E-state index in [1.54, 1.807) is 0 Å². The molecule has 0 saturated heterocycles. The van der Waals surface area contributed by atoms with E-state index in [0.29, 0.717) is 0 Å². The molecule has 0 fully saturated rings. The molecule has 0 N–H and O–H groups in total. The van der Waals surface area contributed by atoms with E-state index < -0.39 is 0 Å². The zero-order valence-corrected chi connectivity index (χ0v) is 15.5. The number of furan rings is 1. The molecule has 0 aliphatic heterocycles. The zero-order chi connectivity index (χ0) is 18.4. The lowest BCUT2D eigenvalue weighted by molar-refractivity contribution is 0.666. The molecule has 0 bridgehead atoms. The van der Waals surface area contributed by atoms with E-state index in [-0.39, 0.29) is 0 Å². The molecule has 0 atom stereocenters. The van der Waals surface area contributed by atoms with Crippen molar-refractivity contribution in [2.24, 2.45) is 0 Å². The Labute approximate surface area is 158 Å². The Bertz CT molecular complexity index is 1290. The Hall–Kier alpha value is -3.32. The maximum absolute atomic E-state index is 6.18. The van der Waals surface area contributed by atoms with Crippen LogP contribution >= 0.6 is 0 Å². The molecule has 0 amide bonds. The van der Waals surface area contributed by atoms with Gasteiger partial charge in [0.1, 0.15) is 11.2 Å². The molecule has 1 heteroatoms. The Balaban J connectivity index is 1.64. The summed E-state index contributed by atoms with van der Waals surface area (Å²) in [5, 5.41) is 2.36. The van der Waals surface area contributed by atoms with Crippen LogP contribution in [-0.2, 0) is 0 Å². The Morgan fingerprint density at radius 2 is 1.22 bits per heavy atom. The van der Waals surface area contributed by atoms with Gasteiger partial charge in [-0.1, -0.05) is 72.3 Å². The molecule has 0 saturated carbocycles. The molecule has 5 rings (SSSR count). The summed E-state index contributed by atoms with van der Waals surface area (Å²) in [6, 6.07) is 30.2. The van der Waals surface area contributed by atoms with Crippen LogP contribution in [0.1, 0.15) is 11.1 Å². The van der Waals surface area contributed by atoms with Gasteiger partial charge in [-0.15, -0.1) is 0 Å². The monoisotopic (exact) mass is 348 g/mol. The Morgan fingerprint density at radius 3 is 2.00 bits per heavy atom.